The molecule has 0 aliphatic carbocycles. The van der Waals surface area contributed by atoms with Gasteiger partial charge >= 0.3 is 0 Å². The molecule has 2 N–H and O–H groups in total. The standard InChI is InChI=1S/C11H12F2N2O3S/c12-7-3-4-10(8(13)6-7)19(17,18)15-9-2-1-5-14-11(9)16/h3-4,6,9,15H,1-2,5H2,(H,14,16). The SMILES string of the molecule is O=C1NCCCC1NS(=O)(=O)c1ccc(F)cc1F. The third kappa shape index (κ3) is 3.07. The molecule has 0 spiro atoms. The average Bonchev–Trinajstić information content (AvgIpc) is 2.31. The molecule has 1 saturated heterocycles. The van der Waals surface area contributed by atoms with Crippen molar-refractivity contribution in [1.82, 2.24) is 10.0 Å². The van der Waals surface area contributed by atoms with E-state index in [1.165, 1.54) is 0 Å². The van der Waals surface area contributed by atoms with E-state index in [9.17, 15) is 22.0 Å². The maximum absolute atomic E-state index is 13.4. The van der Waals surface area contributed by atoms with Gasteiger partial charge in [-0.1, -0.05) is 0 Å². The van der Waals surface area contributed by atoms with E-state index in [0.29, 0.717) is 25.5 Å². The normalized spacial score (nSPS) is 20.1. The summed E-state index contributed by atoms with van der Waals surface area (Å²) in [6, 6.07) is 1.23. The van der Waals surface area contributed by atoms with Gasteiger partial charge in [-0.15, -0.1) is 0 Å². The van der Waals surface area contributed by atoms with Crippen LogP contribution in [0.5, 0.6) is 0 Å². The van der Waals surface area contributed by atoms with Crippen LogP contribution in [0.4, 0.5) is 8.78 Å². The van der Waals surface area contributed by atoms with Crippen LogP contribution in [-0.4, -0.2) is 26.9 Å². The van der Waals surface area contributed by atoms with E-state index in [4.69, 9.17) is 0 Å². The molecule has 5 nitrogen and oxygen atoms in total. The van der Waals surface area contributed by atoms with Crippen molar-refractivity contribution in [1.29, 1.82) is 0 Å². The van der Waals surface area contributed by atoms with Gasteiger partial charge in [0.05, 0.1) is 0 Å². The molecule has 1 aromatic rings. The van der Waals surface area contributed by atoms with Gasteiger partial charge in [-0.25, -0.2) is 17.2 Å². The Hall–Kier alpha value is -1.54. The molecule has 1 aliphatic heterocycles. The van der Waals surface area contributed by atoms with Crippen LogP contribution in [0.3, 0.4) is 0 Å². The maximum atomic E-state index is 13.4. The predicted octanol–water partition coefficient (Wildman–Crippen LogP) is 0.522. The number of sulfonamides is 1. The number of halogens is 2. The van der Waals surface area contributed by atoms with Gasteiger partial charge in [0.2, 0.25) is 15.9 Å². The van der Waals surface area contributed by atoms with Gasteiger partial charge in [0, 0.05) is 12.6 Å². The summed E-state index contributed by atoms with van der Waals surface area (Å²) in [4.78, 5) is 10.8. The lowest BCUT2D eigenvalue weighted by atomic mass is 10.1. The quantitative estimate of drug-likeness (QED) is 0.852. The molecule has 1 atom stereocenters. The Morgan fingerprint density at radius 3 is 2.68 bits per heavy atom. The molecule has 8 heteroatoms. The third-order valence-electron chi connectivity index (χ3n) is 2.77. The fraction of sp³-hybridized carbons (Fsp3) is 0.364. The summed E-state index contributed by atoms with van der Waals surface area (Å²) in [5.41, 5.74) is 0. The second-order valence-corrected chi connectivity index (χ2v) is 5.86. The first-order valence-electron chi connectivity index (χ1n) is 5.65. The highest BCUT2D eigenvalue weighted by Gasteiger charge is 2.29. The van der Waals surface area contributed by atoms with E-state index < -0.39 is 38.5 Å². The van der Waals surface area contributed by atoms with E-state index in [1.807, 2.05) is 0 Å². The van der Waals surface area contributed by atoms with Crippen LogP contribution in [0.25, 0.3) is 0 Å². The first-order chi connectivity index (χ1) is 8.90. The van der Waals surface area contributed by atoms with Crippen LogP contribution in [0, 0.1) is 11.6 Å². The number of carbonyl (C=O) groups is 1. The van der Waals surface area contributed by atoms with Crippen molar-refractivity contribution < 1.29 is 22.0 Å². The molecule has 1 aromatic carbocycles. The summed E-state index contributed by atoms with van der Waals surface area (Å²) < 4.78 is 52.1. The largest absolute Gasteiger partial charge is 0.355 e. The maximum Gasteiger partial charge on any atom is 0.244 e. The number of benzene rings is 1. The van der Waals surface area contributed by atoms with Crippen molar-refractivity contribution in [2.45, 2.75) is 23.8 Å². The molecule has 0 bridgehead atoms. The summed E-state index contributed by atoms with van der Waals surface area (Å²) in [5.74, 6) is -2.51. The summed E-state index contributed by atoms with van der Waals surface area (Å²) in [5, 5.41) is 2.51. The van der Waals surface area contributed by atoms with E-state index in [0.717, 1.165) is 12.1 Å². The van der Waals surface area contributed by atoms with Crippen molar-refractivity contribution >= 4 is 15.9 Å². The molecule has 1 amide bonds. The van der Waals surface area contributed by atoms with Gasteiger partial charge < -0.3 is 5.32 Å². The van der Waals surface area contributed by atoms with Gasteiger partial charge in [-0.3, -0.25) is 4.79 Å². The monoisotopic (exact) mass is 290 g/mol. The summed E-state index contributed by atoms with van der Waals surface area (Å²) >= 11 is 0. The zero-order valence-electron chi connectivity index (χ0n) is 9.82. The smallest absolute Gasteiger partial charge is 0.244 e. The van der Waals surface area contributed by atoms with Gasteiger partial charge in [-0.05, 0) is 25.0 Å². The minimum absolute atomic E-state index is 0.341. The average molecular weight is 290 g/mol. The highest BCUT2D eigenvalue weighted by atomic mass is 32.2. The molecule has 1 fully saturated rings. The fourth-order valence-electron chi connectivity index (χ4n) is 1.83. The van der Waals surface area contributed by atoms with Gasteiger partial charge in [0.1, 0.15) is 22.6 Å². The summed E-state index contributed by atoms with van der Waals surface area (Å²) in [6.07, 6.45) is 0.971. The Kier molecular flexibility index (Phi) is 3.81. The molecule has 1 unspecified atom stereocenters. The first kappa shape index (κ1) is 13.9. The van der Waals surface area contributed by atoms with Crippen LogP contribution in [-0.2, 0) is 14.8 Å². The van der Waals surface area contributed by atoms with Crippen LogP contribution < -0.4 is 10.0 Å². The first-order valence-corrected chi connectivity index (χ1v) is 7.13. The number of carbonyl (C=O) groups excluding carboxylic acids is 1. The molecule has 0 saturated carbocycles. The zero-order valence-corrected chi connectivity index (χ0v) is 10.6. The van der Waals surface area contributed by atoms with E-state index >= 15 is 0 Å². The molecule has 104 valence electrons. The minimum atomic E-state index is -4.19. The second kappa shape index (κ2) is 5.22. The Labute approximate surface area is 109 Å². The number of hydrogen-bond donors (Lipinski definition) is 2. The minimum Gasteiger partial charge on any atom is -0.355 e. The molecule has 0 aromatic heterocycles. The molecule has 1 heterocycles. The van der Waals surface area contributed by atoms with Crippen molar-refractivity contribution in [3.63, 3.8) is 0 Å². The van der Waals surface area contributed by atoms with Crippen LogP contribution >= 0.6 is 0 Å². The Bertz CT molecular complexity index is 604. The van der Waals surface area contributed by atoms with Gasteiger partial charge in [0.25, 0.3) is 0 Å². The third-order valence-corrected chi connectivity index (χ3v) is 4.27. The number of hydrogen-bond acceptors (Lipinski definition) is 3. The van der Waals surface area contributed by atoms with Gasteiger partial charge in [0.15, 0.2) is 0 Å². The lowest BCUT2D eigenvalue weighted by Crippen LogP contribution is -2.50. The van der Waals surface area contributed by atoms with Crippen molar-refractivity contribution in [2.24, 2.45) is 0 Å². The molecule has 0 radical (unpaired) electrons. The van der Waals surface area contributed by atoms with Crippen molar-refractivity contribution in [3.8, 4) is 0 Å². The summed E-state index contributed by atoms with van der Waals surface area (Å²) in [7, 11) is -4.19. The van der Waals surface area contributed by atoms with E-state index in [2.05, 4.69) is 10.0 Å². The predicted molar refractivity (Wildman–Crippen MR) is 62.7 cm³/mol. The number of piperidine rings is 1. The molecular weight excluding hydrogens is 278 g/mol. The van der Waals surface area contributed by atoms with Crippen LogP contribution in [0.2, 0.25) is 0 Å². The highest BCUT2D eigenvalue weighted by Crippen LogP contribution is 2.17. The highest BCUT2D eigenvalue weighted by molar-refractivity contribution is 7.89. The number of rotatable bonds is 3. The molecule has 1 aliphatic rings. The van der Waals surface area contributed by atoms with E-state index in [1.54, 1.807) is 0 Å². The Morgan fingerprint density at radius 2 is 2.05 bits per heavy atom. The lowest BCUT2D eigenvalue weighted by Gasteiger charge is -2.22. The fourth-order valence-corrected chi connectivity index (χ4v) is 3.12. The van der Waals surface area contributed by atoms with Gasteiger partial charge in [-0.2, -0.15) is 4.72 Å². The van der Waals surface area contributed by atoms with Crippen molar-refractivity contribution in [3.05, 3.63) is 29.8 Å². The molecular formula is C11H12F2N2O3S. The Balaban J connectivity index is 2.24. The second-order valence-electron chi connectivity index (χ2n) is 4.18. The zero-order chi connectivity index (χ0) is 14.0. The van der Waals surface area contributed by atoms with E-state index in [-0.39, 0.29) is 0 Å². The number of amides is 1. The molecule has 19 heavy (non-hydrogen) atoms. The van der Waals surface area contributed by atoms with Crippen LogP contribution in [0.1, 0.15) is 12.8 Å². The molecule has 2 rings (SSSR count). The topological polar surface area (TPSA) is 75.3 Å². The summed E-state index contributed by atoms with van der Waals surface area (Å²) in [6.45, 7) is 0.488. The lowest BCUT2D eigenvalue weighted by molar-refractivity contribution is -0.124. The Morgan fingerprint density at radius 1 is 1.32 bits per heavy atom. The van der Waals surface area contributed by atoms with Crippen LogP contribution in [0.15, 0.2) is 23.1 Å². The number of nitrogens with one attached hydrogen (secondary N) is 2. The van der Waals surface area contributed by atoms with Crippen molar-refractivity contribution in [2.75, 3.05) is 6.54 Å².